The molecule has 4 rings (SSSR count). The van der Waals surface area contributed by atoms with Gasteiger partial charge < -0.3 is 4.98 Å². The summed E-state index contributed by atoms with van der Waals surface area (Å²) in [6.45, 7) is 6.94. The zero-order valence-electron chi connectivity index (χ0n) is 14.1. The van der Waals surface area contributed by atoms with Crippen LogP contribution < -0.4 is 0 Å². The molecule has 3 aromatic rings. The molecule has 0 spiro atoms. The molecule has 0 fully saturated rings. The monoisotopic (exact) mass is 301 g/mol. The molecule has 0 radical (unpaired) electrons. The van der Waals surface area contributed by atoms with Crippen LogP contribution in [0.3, 0.4) is 0 Å². The molecule has 0 bridgehead atoms. The normalized spacial score (nSPS) is 21.0. The summed E-state index contributed by atoms with van der Waals surface area (Å²) in [6.07, 6.45) is 3.36. The van der Waals surface area contributed by atoms with E-state index in [1.54, 1.807) is 0 Å². The SMILES string of the molecule is C/C=C1/c2ccccc2C(C)(C)C1Cc1cc2ccccc2[nH]1. The van der Waals surface area contributed by atoms with Crippen LogP contribution in [0.5, 0.6) is 0 Å². The molecule has 1 nitrogen and oxygen atoms in total. The maximum Gasteiger partial charge on any atom is 0.0456 e. The third kappa shape index (κ3) is 2.15. The Bertz CT molecular complexity index is 862. The fourth-order valence-electron chi connectivity index (χ4n) is 4.25. The van der Waals surface area contributed by atoms with Gasteiger partial charge in [-0.25, -0.2) is 0 Å². The molecule has 23 heavy (non-hydrogen) atoms. The quantitative estimate of drug-likeness (QED) is 0.623. The summed E-state index contributed by atoms with van der Waals surface area (Å²) in [5, 5.41) is 1.30. The van der Waals surface area contributed by atoms with Crippen molar-refractivity contribution >= 4 is 16.5 Å². The van der Waals surface area contributed by atoms with Crippen LogP contribution in [-0.2, 0) is 11.8 Å². The summed E-state index contributed by atoms with van der Waals surface area (Å²) in [4.78, 5) is 3.60. The van der Waals surface area contributed by atoms with E-state index in [1.807, 2.05) is 0 Å². The van der Waals surface area contributed by atoms with Crippen LogP contribution in [-0.4, -0.2) is 4.98 Å². The van der Waals surface area contributed by atoms with Crippen LogP contribution in [0.2, 0.25) is 0 Å². The second-order valence-electron chi connectivity index (χ2n) is 7.15. The standard InChI is InChI=1S/C22H23N/c1-4-17-18-10-6-7-11-19(18)22(2,3)20(17)14-16-13-15-9-5-8-12-21(15)23-16/h4-13,20,23H,14H2,1-3H3/b17-4-. The van der Waals surface area contributed by atoms with E-state index in [0.29, 0.717) is 5.92 Å². The average Bonchev–Trinajstić information content (AvgIpc) is 3.05. The highest BCUT2D eigenvalue weighted by molar-refractivity contribution is 5.81. The van der Waals surface area contributed by atoms with Crippen LogP contribution in [0.15, 0.2) is 60.7 Å². The van der Waals surface area contributed by atoms with Gasteiger partial charge in [0.1, 0.15) is 0 Å². The Morgan fingerprint density at radius 3 is 2.57 bits per heavy atom. The molecule has 0 saturated carbocycles. The molecule has 1 atom stereocenters. The summed E-state index contributed by atoms with van der Waals surface area (Å²) in [5.41, 5.74) is 7.13. The number of hydrogen-bond donors (Lipinski definition) is 1. The van der Waals surface area contributed by atoms with E-state index in [4.69, 9.17) is 0 Å². The predicted octanol–water partition coefficient (Wildman–Crippen LogP) is 5.72. The second-order valence-corrected chi connectivity index (χ2v) is 7.15. The van der Waals surface area contributed by atoms with Crippen LogP contribution in [0, 0.1) is 5.92 Å². The maximum atomic E-state index is 3.60. The van der Waals surface area contributed by atoms with Crippen molar-refractivity contribution in [3.05, 3.63) is 77.5 Å². The van der Waals surface area contributed by atoms with Gasteiger partial charge in [0, 0.05) is 11.2 Å². The Balaban J connectivity index is 1.76. The van der Waals surface area contributed by atoms with Crippen LogP contribution in [0.1, 0.15) is 37.6 Å². The lowest BCUT2D eigenvalue weighted by Gasteiger charge is -2.28. The average molecular weight is 301 g/mol. The first-order valence-corrected chi connectivity index (χ1v) is 8.44. The lowest BCUT2D eigenvalue weighted by molar-refractivity contribution is 0.408. The molecule has 0 saturated heterocycles. The van der Waals surface area contributed by atoms with E-state index < -0.39 is 0 Å². The second kappa shape index (κ2) is 5.13. The van der Waals surface area contributed by atoms with Crippen LogP contribution >= 0.6 is 0 Å². The predicted molar refractivity (Wildman–Crippen MR) is 98.6 cm³/mol. The van der Waals surface area contributed by atoms with Crippen molar-refractivity contribution in [2.75, 3.05) is 0 Å². The van der Waals surface area contributed by atoms with E-state index in [-0.39, 0.29) is 5.41 Å². The lowest BCUT2D eigenvalue weighted by Crippen LogP contribution is -2.25. The highest BCUT2D eigenvalue weighted by atomic mass is 14.7. The molecule has 1 aliphatic rings. The summed E-state index contributed by atoms with van der Waals surface area (Å²) in [7, 11) is 0. The maximum absolute atomic E-state index is 3.60. The number of nitrogens with one attached hydrogen (secondary N) is 1. The van der Waals surface area contributed by atoms with Gasteiger partial charge in [0.25, 0.3) is 0 Å². The summed E-state index contributed by atoms with van der Waals surface area (Å²) in [5.74, 6) is 0.512. The van der Waals surface area contributed by atoms with Crippen molar-refractivity contribution in [3.63, 3.8) is 0 Å². The van der Waals surface area contributed by atoms with E-state index in [1.165, 1.54) is 33.3 Å². The molecule has 0 amide bonds. The van der Waals surface area contributed by atoms with Crippen LogP contribution in [0.25, 0.3) is 16.5 Å². The molecular weight excluding hydrogens is 278 g/mol. The molecule has 1 heterocycles. The van der Waals surface area contributed by atoms with E-state index >= 15 is 0 Å². The molecule has 1 N–H and O–H groups in total. The first-order valence-electron chi connectivity index (χ1n) is 8.44. The summed E-state index contributed by atoms with van der Waals surface area (Å²) in [6, 6.07) is 19.7. The number of H-pyrrole nitrogens is 1. The van der Waals surface area contributed by atoms with Gasteiger partial charge in [-0.15, -0.1) is 0 Å². The van der Waals surface area contributed by atoms with E-state index in [9.17, 15) is 0 Å². The van der Waals surface area contributed by atoms with Crippen molar-refractivity contribution < 1.29 is 0 Å². The zero-order valence-corrected chi connectivity index (χ0v) is 14.1. The number of para-hydroxylation sites is 1. The highest BCUT2D eigenvalue weighted by Crippen LogP contribution is 2.51. The Kier molecular flexibility index (Phi) is 3.19. The third-order valence-corrected chi connectivity index (χ3v) is 5.50. The number of hydrogen-bond acceptors (Lipinski definition) is 0. The molecule has 1 aliphatic carbocycles. The van der Waals surface area contributed by atoms with Crippen molar-refractivity contribution in [1.29, 1.82) is 0 Å². The third-order valence-electron chi connectivity index (χ3n) is 5.50. The zero-order chi connectivity index (χ0) is 16.0. The Morgan fingerprint density at radius 2 is 1.78 bits per heavy atom. The number of fused-ring (bicyclic) bond motifs is 2. The van der Waals surface area contributed by atoms with Gasteiger partial charge in [0.15, 0.2) is 0 Å². The number of rotatable bonds is 2. The number of benzene rings is 2. The van der Waals surface area contributed by atoms with Crippen molar-refractivity contribution in [2.45, 2.75) is 32.6 Å². The van der Waals surface area contributed by atoms with Crippen LogP contribution in [0.4, 0.5) is 0 Å². The van der Waals surface area contributed by atoms with E-state index in [0.717, 1.165) is 6.42 Å². The van der Waals surface area contributed by atoms with Gasteiger partial charge in [0.05, 0.1) is 0 Å². The molecule has 1 heteroatoms. The topological polar surface area (TPSA) is 15.8 Å². The Labute approximate surface area is 138 Å². The van der Waals surface area contributed by atoms with Crippen molar-refractivity contribution in [1.82, 2.24) is 4.98 Å². The molecule has 1 unspecified atom stereocenters. The molecule has 1 aromatic heterocycles. The Morgan fingerprint density at radius 1 is 1.04 bits per heavy atom. The first kappa shape index (κ1) is 14.3. The molecular formula is C22H23N. The van der Waals surface area contributed by atoms with Gasteiger partial charge in [-0.05, 0) is 58.9 Å². The first-order chi connectivity index (χ1) is 11.1. The number of aromatic nitrogens is 1. The summed E-state index contributed by atoms with van der Waals surface area (Å²) >= 11 is 0. The van der Waals surface area contributed by atoms with Gasteiger partial charge in [-0.3, -0.25) is 0 Å². The minimum Gasteiger partial charge on any atom is -0.358 e. The van der Waals surface area contributed by atoms with Gasteiger partial charge in [-0.2, -0.15) is 0 Å². The molecule has 2 aromatic carbocycles. The van der Waals surface area contributed by atoms with Gasteiger partial charge in [0.2, 0.25) is 0 Å². The van der Waals surface area contributed by atoms with Gasteiger partial charge in [-0.1, -0.05) is 62.4 Å². The lowest BCUT2D eigenvalue weighted by atomic mass is 9.75. The number of aromatic amines is 1. The number of allylic oxidation sites excluding steroid dienone is 2. The minimum atomic E-state index is 0.162. The van der Waals surface area contributed by atoms with E-state index in [2.05, 4.69) is 86.4 Å². The fraction of sp³-hybridized carbons (Fsp3) is 0.273. The largest absolute Gasteiger partial charge is 0.358 e. The Hall–Kier alpha value is -2.28. The van der Waals surface area contributed by atoms with Gasteiger partial charge >= 0.3 is 0 Å². The minimum absolute atomic E-state index is 0.162. The van der Waals surface area contributed by atoms with Crippen molar-refractivity contribution in [3.8, 4) is 0 Å². The molecule has 0 aliphatic heterocycles. The highest BCUT2D eigenvalue weighted by Gasteiger charge is 2.42. The fourth-order valence-corrected chi connectivity index (χ4v) is 4.25. The smallest absolute Gasteiger partial charge is 0.0456 e. The molecule has 116 valence electrons. The van der Waals surface area contributed by atoms with Crippen molar-refractivity contribution in [2.24, 2.45) is 5.92 Å². The summed E-state index contributed by atoms with van der Waals surface area (Å²) < 4.78 is 0.